The molecule has 150 valence electrons. The predicted octanol–water partition coefficient (Wildman–Crippen LogP) is 2.35. The Balaban J connectivity index is 1.47. The van der Waals surface area contributed by atoms with Crippen molar-refractivity contribution >= 4 is 28.5 Å². The van der Waals surface area contributed by atoms with Crippen LogP contribution in [0.2, 0.25) is 0 Å². The first-order valence-corrected chi connectivity index (χ1v) is 9.33. The van der Waals surface area contributed by atoms with Crippen LogP contribution in [0.3, 0.4) is 0 Å². The summed E-state index contributed by atoms with van der Waals surface area (Å²) in [6.45, 7) is -0.559. The zero-order valence-corrected chi connectivity index (χ0v) is 15.9. The predicted molar refractivity (Wildman–Crippen MR) is 113 cm³/mol. The highest BCUT2D eigenvalue weighted by atomic mass is 16.3. The van der Waals surface area contributed by atoms with Gasteiger partial charge in [-0.3, -0.25) is 19.7 Å². The van der Waals surface area contributed by atoms with Gasteiger partial charge in [-0.05, 0) is 17.7 Å². The first-order valence-electron chi connectivity index (χ1n) is 9.33. The van der Waals surface area contributed by atoms with Crippen molar-refractivity contribution in [3.8, 4) is 11.3 Å². The number of carbonyl (C=O) groups is 2. The van der Waals surface area contributed by atoms with Crippen molar-refractivity contribution in [1.29, 1.82) is 0 Å². The molecule has 0 saturated heterocycles. The quantitative estimate of drug-likeness (QED) is 0.395. The molecule has 4 aromatic rings. The number of benzene rings is 2. The smallest absolute Gasteiger partial charge is 0.252 e. The SMILES string of the molecule is O=C(N[C@@H](CO)C(=O)Nc1cc(-c2ccccc2)[nH]n1)c1ccnc2ccccc12. The summed E-state index contributed by atoms with van der Waals surface area (Å²) < 4.78 is 0. The van der Waals surface area contributed by atoms with Crippen LogP contribution in [0.4, 0.5) is 5.82 Å². The normalized spacial score (nSPS) is 11.8. The minimum Gasteiger partial charge on any atom is -0.394 e. The number of H-pyrrole nitrogens is 1. The number of rotatable bonds is 6. The van der Waals surface area contributed by atoms with Gasteiger partial charge in [0, 0.05) is 17.6 Å². The first-order chi connectivity index (χ1) is 14.7. The number of anilines is 1. The maximum absolute atomic E-state index is 12.7. The highest BCUT2D eigenvalue weighted by molar-refractivity contribution is 6.08. The summed E-state index contributed by atoms with van der Waals surface area (Å²) in [4.78, 5) is 29.5. The van der Waals surface area contributed by atoms with Crippen LogP contribution in [0.15, 0.2) is 72.9 Å². The van der Waals surface area contributed by atoms with Crippen LogP contribution < -0.4 is 10.6 Å². The van der Waals surface area contributed by atoms with Gasteiger partial charge in [0.1, 0.15) is 6.04 Å². The van der Waals surface area contributed by atoms with Crippen LogP contribution in [-0.2, 0) is 4.79 Å². The number of para-hydroxylation sites is 1. The molecule has 30 heavy (non-hydrogen) atoms. The molecule has 0 bridgehead atoms. The van der Waals surface area contributed by atoms with Gasteiger partial charge in [0.15, 0.2) is 5.82 Å². The van der Waals surface area contributed by atoms with Gasteiger partial charge < -0.3 is 15.7 Å². The molecule has 4 N–H and O–H groups in total. The average molecular weight is 401 g/mol. The summed E-state index contributed by atoms with van der Waals surface area (Å²) in [7, 11) is 0. The van der Waals surface area contributed by atoms with E-state index in [2.05, 4.69) is 25.8 Å². The molecular formula is C22H19N5O3. The molecule has 0 spiro atoms. The second kappa shape index (κ2) is 8.54. The van der Waals surface area contributed by atoms with Gasteiger partial charge in [-0.25, -0.2) is 0 Å². The maximum Gasteiger partial charge on any atom is 0.252 e. The van der Waals surface area contributed by atoms with Crippen LogP contribution >= 0.6 is 0 Å². The number of nitrogens with zero attached hydrogens (tertiary/aromatic N) is 2. The Morgan fingerprint density at radius 3 is 2.60 bits per heavy atom. The van der Waals surface area contributed by atoms with Crippen molar-refractivity contribution < 1.29 is 14.7 Å². The van der Waals surface area contributed by atoms with Crippen molar-refractivity contribution in [2.45, 2.75) is 6.04 Å². The number of aromatic nitrogens is 3. The summed E-state index contributed by atoms with van der Waals surface area (Å²) in [5.74, 6) is -0.758. The molecule has 2 heterocycles. The number of aliphatic hydroxyl groups is 1. The van der Waals surface area contributed by atoms with Crippen LogP contribution in [0.5, 0.6) is 0 Å². The Morgan fingerprint density at radius 2 is 1.80 bits per heavy atom. The summed E-state index contributed by atoms with van der Waals surface area (Å²) in [6, 6.07) is 18.8. The van der Waals surface area contributed by atoms with Crippen molar-refractivity contribution in [3.05, 3.63) is 78.5 Å². The third-order valence-electron chi connectivity index (χ3n) is 4.61. The standard InChI is InChI=1S/C22H19N5O3/c28-13-19(24-21(29)16-10-11-23-17-9-5-4-8-15(16)17)22(30)25-20-12-18(26-27-20)14-6-2-1-3-7-14/h1-12,19,28H,13H2,(H,24,29)(H2,25,26,27,30)/t19-/m0/s1. The van der Waals surface area contributed by atoms with E-state index in [1.54, 1.807) is 30.3 Å². The number of hydrogen-bond acceptors (Lipinski definition) is 5. The van der Waals surface area contributed by atoms with Gasteiger partial charge >= 0.3 is 0 Å². The highest BCUT2D eigenvalue weighted by Crippen LogP contribution is 2.19. The van der Waals surface area contributed by atoms with Gasteiger partial charge in [0.2, 0.25) is 0 Å². The second-order valence-electron chi connectivity index (χ2n) is 6.61. The molecule has 0 aliphatic heterocycles. The number of hydrogen-bond donors (Lipinski definition) is 4. The van der Waals surface area contributed by atoms with E-state index in [9.17, 15) is 14.7 Å². The molecule has 2 aromatic carbocycles. The summed E-state index contributed by atoms with van der Waals surface area (Å²) in [5, 5.41) is 22.4. The molecule has 2 amide bonds. The number of pyridine rings is 1. The molecule has 8 heteroatoms. The van der Waals surface area contributed by atoms with E-state index < -0.39 is 24.5 Å². The van der Waals surface area contributed by atoms with Crippen molar-refractivity contribution in [3.63, 3.8) is 0 Å². The molecule has 2 aromatic heterocycles. The average Bonchev–Trinajstić information content (AvgIpc) is 3.26. The third kappa shape index (κ3) is 4.03. The zero-order valence-electron chi connectivity index (χ0n) is 15.9. The highest BCUT2D eigenvalue weighted by Gasteiger charge is 2.22. The molecule has 0 aliphatic carbocycles. The topological polar surface area (TPSA) is 120 Å². The van der Waals surface area contributed by atoms with Crippen molar-refractivity contribution in [2.75, 3.05) is 11.9 Å². The lowest BCUT2D eigenvalue weighted by Gasteiger charge is -2.16. The zero-order chi connectivity index (χ0) is 20.9. The molecule has 0 unspecified atom stereocenters. The lowest BCUT2D eigenvalue weighted by molar-refractivity contribution is -0.118. The molecule has 1 atom stereocenters. The van der Waals surface area contributed by atoms with Crippen LogP contribution in [0.25, 0.3) is 22.2 Å². The molecule has 0 aliphatic rings. The Kier molecular flexibility index (Phi) is 5.49. The third-order valence-corrected chi connectivity index (χ3v) is 4.61. The Morgan fingerprint density at radius 1 is 1.03 bits per heavy atom. The number of nitrogens with one attached hydrogen (secondary N) is 3. The number of aliphatic hydroxyl groups excluding tert-OH is 1. The molecular weight excluding hydrogens is 382 g/mol. The van der Waals surface area contributed by atoms with E-state index in [0.717, 1.165) is 11.3 Å². The largest absolute Gasteiger partial charge is 0.394 e. The van der Waals surface area contributed by atoms with Crippen molar-refractivity contribution in [2.24, 2.45) is 0 Å². The van der Waals surface area contributed by atoms with E-state index in [1.165, 1.54) is 6.20 Å². The van der Waals surface area contributed by atoms with Gasteiger partial charge in [0.05, 0.1) is 23.4 Å². The molecule has 4 rings (SSSR count). The summed E-state index contributed by atoms with van der Waals surface area (Å²) >= 11 is 0. The van der Waals surface area contributed by atoms with E-state index in [-0.39, 0.29) is 0 Å². The maximum atomic E-state index is 12.7. The van der Waals surface area contributed by atoms with Crippen molar-refractivity contribution in [1.82, 2.24) is 20.5 Å². The fourth-order valence-corrected chi connectivity index (χ4v) is 3.09. The Bertz CT molecular complexity index is 1180. The summed E-state index contributed by atoms with van der Waals surface area (Å²) in [5.41, 5.74) is 2.69. The number of aromatic amines is 1. The number of carbonyl (C=O) groups excluding carboxylic acids is 2. The van der Waals surface area contributed by atoms with Gasteiger partial charge in [-0.1, -0.05) is 48.5 Å². The minimum atomic E-state index is -1.14. The fraction of sp³-hybridized carbons (Fsp3) is 0.0909. The Hall–Kier alpha value is -4.04. The minimum absolute atomic E-state index is 0.293. The fourth-order valence-electron chi connectivity index (χ4n) is 3.09. The van der Waals surface area contributed by atoms with E-state index >= 15 is 0 Å². The summed E-state index contributed by atoms with van der Waals surface area (Å²) in [6.07, 6.45) is 1.53. The molecule has 0 saturated carbocycles. The van der Waals surface area contributed by atoms with Crippen LogP contribution in [-0.4, -0.2) is 44.8 Å². The van der Waals surface area contributed by atoms with Gasteiger partial charge in [0.25, 0.3) is 11.8 Å². The van der Waals surface area contributed by atoms with Gasteiger partial charge in [-0.15, -0.1) is 0 Å². The van der Waals surface area contributed by atoms with Gasteiger partial charge in [-0.2, -0.15) is 5.10 Å². The van der Waals surface area contributed by atoms with E-state index in [0.29, 0.717) is 22.3 Å². The van der Waals surface area contributed by atoms with E-state index in [1.807, 2.05) is 36.4 Å². The van der Waals surface area contributed by atoms with E-state index in [4.69, 9.17) is 0 Å². The van der Waals surface area contributed by atoms with Crippen LogP contribution in [0.1, 0.15) is 10.4 Å². The molecule has 8 nitrogen and oxygen atoms in total. The second-order valence-corrected chi connectivity index (χ2v) is 6.61. The first kappa shape index (κ1) is 19.3. The number of fused-ring (bicyclic) bond motifs is 1. The molecule has 0 fully saturated rings. The Labute approximate surface area is 172 Å². The monoisotopic (exact) mass is 401 g/mol. The lowest BCUT2D eigenvalue weighted by atomic mass is 10.1. The number of amides is 2. The molecule has 0 radical (unpaired) electrons. The van der Waals surface area contributed by atoms with Crippen LogP contribution in [0, 0.1) is 0 Å². The lowest BCUT2D eigenvalue weighted by Crippen LogP contribution is -2.46.